The van der Waals surface area contributed by atoms with Gasteiger partial charge in [0.05, 0.1) is 0 Å². The van der Waals surface area contributed by atoms with Gasteiger partial charge >= 0.3 is 0 Å². The monoisotopic (exact) mass is 265 g/mol. The minimum absolute atomic E-state index is 0.201. The minimum Gasteiger partial charge on any atom is -0.289 e. The molecule has 0 aromatic carbocycles. The van der Waals surface area contributed by atoms with Crippen LogP contribution in [0.25, 0.3) is 0 Å². The molecule has 0 bridgehead atoms. The summed E-state index contributed by atoms with van der Waals surface area (Å²) in [7, 11) is 0. The van der Waals surface area contributed by atoms with Crippen LogP contribution in [0.5, 0.6) is 0 Å². The Labute approximate surface area is 112 Å². The van der Waals surface area contributed by atoms with Crippen molar-refractivity contribution in [3.8, 4) is 0 Å². The Balaban J connectivity index is 1.47. The number of nitrogens with one attached hydrogen (secondary N) is 1. The zero-order valence-corrected chi connectivity index (χ0v) is 11.4. The van der Waals surface area contributed by atoms with E-state index in [2.05, 4.69) is 11.4 Å². The Morgan fingerprint density at radius 1 is 1.17 bits per heavy atom. The number of carbonyl (C=O) groups is 2. The van der Waals surface area contributed by atoms with E-state index in [0.29, 0.717) is 5.57 Å². The summed E-state index contributed by atoms with van der Waals surface area (Å²) >= 11 is 1.99. The highest BCUT2D eigenvalue weighted by Crippen LogP contribution is 2.30. The number of carbonyl (C=O) groups excluding carboxylic acids is 2. The molecule has 1 aliphatic heterocycles. The highest BCUT2D eigenvalue weighted by atomic mass is 32.2. The van der Waals surface area contributed by atoms with Crippen LogP contribution in [0.2, 0.25) is 0 Å². The third-order valence-electron chi connectivity index (χ3n) is 3.22. The van der Waals surface area contributed by atoms with E-state index in [4.69, 9.17) is 0 Å². The lowest BCUT2D eigenvalue weighted by Gasteiger charge is -2.12. The molecular formula is C14H19NO2S. The number of amides is 2. The average molecular weight is 265 g/mol. The van der Waals surface area contributed by atoms with Gasteiger partial charge in [0, 0.05) is 11.6 Å². The lowest BCUT2D eigenvalue weighted by Crippen LogP contribution is -2.22. The molecular weight excluding hydrogens is 246 g/mol. The lowest BCUT2D eigenvalue weighted by molar-refractivity contribution is -0.123. The van der Waals surface area contributed by atoms with E-state index in [0.717, 1.165) is 19.3 Å². The molecule has 1 aliphatic carbocycles. The summed E-state index contributed by atoms with van der Waals surface area (Å²) in [4.78, 5) is 23.7. The molecule has 0 aromatic rings. The van der Waals surface area contributed by atoms with Gasteiger partial charge in [-0.3, -0.25) is 14.9 Å². The third-order valence-corrected chi connectivity index (χ3v) is 4.46. The first kappa shape index (κ1) is 13.4. The van der Waals surface area contributed by atoms with Gasteiger partial charge in [-0.25, -0.2) is 0 Å². The predicted molar refractivity (Wildman–Crippen MR) is 74.1 cm³/mol. The highest BCUT2D eigenvalue weighted by molar-refractivity contribution is 8.03. The average Bonchev–Trinajstić information content (AvgIpc) is 2.59. The molecule has 18 heavy (non-hydrogen) atoms. The molecule has 0 radical (unpaired) electrons. The van der Waals surface area contributed by atoms with E-state index in [9.17, 15) is 9.59 Å². The molecule has 2 rings (SSSR count). The molecule has 98 valence electrons. The Morgan fingerprint density at radius 2 is 1.94 bits per heavy atom. The molecule has 0 unspecified atom stereocenters. The van der Waals surface area contributed by atoms with E-state index in [1.807, 2.05) is 11.8 Å². The Kier molecular flexibility index (Phi) is 5.05. The number of thioether (sulfide) groups is 1. The third kappa shape index (κ3) is 4.02. The summed E-state index contributed by atoms with van der Waals surface area (Å²) < 4.78 is 0. The molecule has 3 nitrogen and oxygen atoms in total. The number of imide groups is 1. The summed E-state index contributed by atoms with van der Waals surface area (Å²) in [5.41, 5.74) is 0.647. The quantitative estimate of drug-likeness (QED) is 0.542. The Bertz CT molecular complexity index is 399. The second kappa shape index (κ2) is 6.78. The summed E-state index contributed by atoms with van der Waals surface area (Å²) in [5, 5.41) is 2.27. The maximum Gasteiger partial charge on any atom is 0.254 e. The van der Waals surface area contributed by atoms with Crippen molar-refractivity contribution in [3.63, 3.8) is 0 Å². The van der Waals surface area contributed by atoms with Crippen molar-refractivity contribution in [3.05, 3.63) is 22.6 Å². The van der Waals surface area contributed by atoms with Gasteiger partial charge in [-0.2, -0.15) is 0 Å². The van der Waals surface area contributed by atoms with Gasteiger partial charge in [0.2, 0.25) is 0 Å². The fraction of sp³-hybridized carbons (Fsp3) is 0.571. The summed E-state index contributed by atoms with van der Waals surface area (Å²) in [6.45, 7) is 0. The van der Waals surface area contributed by atoms with E-state index < -0.39 is 0 Å². The number of hydrogen-bond acceptors (Lipinski definition) is 3. The van der Waals surface area contributed by atoms with Crippen molar-refractivity contribution >= 4 is 23.6 Å². The van der Waals surface area contributed by atoms with Crippen molar-refractivity contribution < 1.29 is 9.59 Å². The highest BCUT2D eigenvalue weighted by Gasteiger charge is 2.19. The zero-order chi connectivity index (χ0) is 12.8. The molecule has 0 fully saturated rings. The van der Waals surface area contributed by atoms with Gasteiger partial charge in [0.1, 0.15) is 0 Å². The van der Waals surface area contributed by atoms with Crippen LogP contribution in [0.4, 0.5) is 0 Å². The van der Waals surface area contributed by atoms with Crippen molar-refractivity contribution in [1.29, 1.82) is 0 Å². The molecule has 2 amide bonds. The smallest absolute Gasteiger partial charge is 0.254 e. The first-order valence-corrected chi connectivity index (χ1v) is 7.62. The second-order valence-corrected chi connectivity index (χ2v) is 5.93. The molecule has 0 aromatic heterocycles. The number of allylic oxidation sites excluding steroid dienone is 2. The summed E-state index contributed by atoms with van der Waals surface area (Å²) in [5.74, 6) is 0.751. The van der Waals surface area contributed by atoms with Gasteiger partial charge in [0.15, 0.2) is 0 Å². The first-order chi connectivity index (χ1) is 8.75. The normalized spacial score (nSPS) is 18.2. The first-order valence-electron chi connectivity index (χ1n) is 6.63. The summed E-state index contributed by atoms with van der Waals surface area (Å²) in [6, 6.07) is 0. The molecule has 0 spiro atoms. The van der Waals surface area contributed by atoms with Gasteiger partial charge < -0.3 is 0 Å². The fourth-order valence-corrected chi connectivity index (χ4v) is 3.11. The number of unbranched alkanes of at least 4 members (excludes halogenated alkanes) is 3. The molecule has 0 atom stereocenters. The fourth-order valence-electron chi connectivity index (χ4n) is 2.01. The SMILES string of the molecule is O=C1C=C(CCCCCCSC2=CCC2)C(=O)N1. The van der Waals surface area contributed by atoms with Crippen molar-refractivity contribution in [1.82, 2.24) is 5.32 Å². The van der Waals surface area contributed by atoms with Crippen LogP contribution >= 0.6 is 11.8 Å². The molecule has 0 saturated heterocycles. The number of hydrogen-bond donors (Lipinski definition) is 1. The van der Waals surface area contributed by atoms with Crippen LogP contribution < -0.4 is 5.32 Å². The van der Waals surface area contributed by atoms with E-state index in [1.54, 1.807) is 4.91 Å². The van der Waals surface area contributed by atoms with Gasteiger partial charge in [0.25, 0.3) is 11.8 Å². The van der Waals surface area contributed by atoms with E-state index >= 15 is 0 Å². The van der Waals surface area contributed by atoms with Crippen LogP contribution in [0, 0.1) is 0 Å². The van der Waals surface area contributed by atoms with Gasteiger partial charge in [-0.1, -0.05) is 18.9 Å². The zero-order valence-electron chi connectivity index (χ0n) is 10.5. The van der Waals surface area contributed by atoms with Crippen LogP contribution in [0.3, 0.4) is 0 Å². The van der Waals surface area contributed by atoms with Crippen molar-refractivity contribution in [2.45, 2.75) is 44.9 Å². The largest absolute Gasteiger partial charge is 0.289 e. The maximum absolute atomic E-state index is 11.3. The van der Waals surface area contributed by atoms with Gasteiger partial charge in [-0.15, -0.1) is 11.8 Å². The summed E-state index contributed by atoms with van der Waals surface area (Å²) in [6.07, 6.45) is 11.6. The maximum atomic E-state index is 11.3. The van der Waals surface area contributed by atoms with Crippen LogP contribution in [-0.4, -0.2) is 17.6 Å². The Hall–Kier alpha value is -1.03. The topological polar surface area (TPSA) is 46.2 Å². The van der Waals surface area contributed by atoms with Gasteiger partial charge in [-0.05, 0) is 42.8 Å². The van der Waals surface area contributed by atoms with Crippen molar-refractivity contribution in [2.75, 3.05) is 5.75 Å². The molecule has 0 saturated carbocycles. The van der Waals surface area contributed by atoms with Crippen LogP contribution in [-0.2, 0) is 9.59 Å². The van der Waals surface area contributed by atoms with E-state index in [1.165, 1.54) is 37.5 Å². The van der Waals surface area contributed by atoms with E-state index in [-0.39, 0.29) is 11.8 Å². The molecule has 1 N–H and O–H groups in total. The predicted octanol–water partition coefficient (Wildman–Crippen LogP) is 2.93. The van der Waals surface area contributed by atoms with Crippen LogP contribution in [0.15, 0.2) is 22.6 Å². The number of rotatable bonds is 8. The standard InChI is InChI=1S/C14H19NO2S/c16-13-10-11(14(17)15-13)6-3-1-2-4-9-18-12-7-5-8-12/h7,10H,1-6,8-9H2,(H,15,16,17). The van der Waals surface area contributed by atoms with Crippen molar-refractivity contribution in [2.24, 2.45) is 0 Å². The minimum atomic E-state index is -0.264. The second-order valence-electron chi connectivity index (χ2n) is 4.71. The van der Waals surface area contributed by atoms with Crippen LogP contribution in [0.1, 0.15) is 44.9 Å². The molecule has 2 aliphatic rings. The molecule has 1 heterocycles. The lowest BCUT2D eigenvalue weighted by atomic mass is 10.1. The molecule has 4 heteroatoms. The Morgan fingerprint density at radius 3 is 2.56 bits per heavy atom.